The molecule has 0 radical (unpaired) electrons. The predicted octanol–water partition coefficient (Wildman–Crippen LogP) is -0.554. The molecule has 0 aromatic heterocycles. The summed E-state index contributed by atoms with van der Waals surface area (Å²) in [7, 11) is 2.11. The third-order valence-electron chi connectivity index (χ3n) is 2.11. The van der Waals surface area contributed by atoms with Gasteiger partial charge in [-0.15, -0.1) is 11.6 Å². The van der Waals surface area contributed by atoms with E-state index < -0.39 is 0 Å². The van der Waals surface area contributed by atoms with Crippen LogP contribution in [0.15, 0.2) is 0 Å². The van der Waals surface area contributed by atoms with Crippen molar-refractivity contribution in [1.29, 1.82) is 0 Å². The Morgan fingerprint density at radius 3 is 3.08 bits per heavy atom. The zero-order valence-electron chi connectivity index (χ0n) is 7.31. The smallest absolute Gasteiger partial charge is 0.321 e. The van der Waals surface area contributed by atoms with Gasteiger partial charge in [0.25, 0.3) is 0 Å². The topological polar surface area (TPSA) is 30.7 Å². The Balaban J connectivity index is 2.27. The molecule has 3 nitrogen and oxygen atoms in total. The van der Waals surface area contributed by atoms with Crippen molar-refractivity contribution in [1.82, 2.24) is 0 Å². The molecule has 1 unspecified atom stereocenters. The molecule has 0 amide bonds. The van der Waals surface area contributed by atoms with Crippen molar-refractivity contribution >= 4 is 17.6 Å². The minimum absolute atomic E-state index is 0.0322. The van der Waals surface area contributed by atoms with Crippen LogP contribution in [0, 0.1) is 0 Å². The summed E-state index contributed by atoms with van der Waals surface area (Å²) in [4.78, 5) is 12.2. The third kappa shape index (κ3) is 2.99. The third-order valence-corrected chi connectivity index (χ3v) is 2.33. The SMILES string of the molecule is C[NH+]1CCC[C@@H](OC(=O)CCl)C1. The fraction of sp³-hybridized carbons (Fsp3) is 0.875. The Morgan fingerprint density at radius 2 is 2.50 bits per heavy atom. The molecule has 70 valence electrons. The van der Waals surface area contributed by atoms with Crippen molar-refractivity contribution in [2.45, 2.75) is 18.9 Å². The average Bonchev–Trinajstić information content (AvgIpc) is 2.04. The molecule has 0 aromatic carbocycles. The molecule has 1 fully saturated rings. The number of esters is 1. The first kappa shape index (κ1) is 9.81. The highest BCUT2D eigenvalue weighted by atomic mass is 35.5. The first-order valence-corrected chi connectivity index (χ1v) is 4.82. The molecule has 0 aliphatic carbocycles. The lowest BCUT2D eigenvalue weighted by molar-refractivity contribution is -0.888. The van der Waals surface area contributed by atoms with E-state index in [0.717, 1.165) is 19.4 Å². The van der Waals surface area contributed by atoms with Gasteiger partial charge in [-0.05, 0) is 6.42 Å². The van der Waals surface area contributed by atoms with E-state index in [-0.39, 0.29) is 18.0 Å². The van der Waals surface area contributed by atoms with E-state index in [9.17, 15) is 4.79 Å². The zero-order chi connectivity index (χ0) is 8.97. The molecule has 0 spiro atoms. The Bertz CT molecular complexity index is 163. The maximum atomic E-state index is 10.8. The summed E-state index contributed by atoms with van der Waals surface area (Å²) in [5.74, 6) is -0.327. The van der Waals surface area contributed by atoms with Crippen LogP contribution in [0.2, 0.25) is 0 Å². The van der Waals surface area contributed by atoms with Gasteiger partial charge in [0, 0.05) is 6.42 Å². The van der Waals surface area contributed by atoms with Crippen molar-refractivity contribution in [2.75, 3.05) is 26.0 Å². The number of piperidine rings is 1. The quantitative estimate of drug-likeness (QED) is 0.470. The van der Waals surface area contributed by atoms with E-state index in [4.69, 9.17) is 16.3 Å². The monoisotopic (exact) mass is 192 g/mol. The van der Waals surface area contributed by atoms with Crippen molar-refractivity contribution in [3.63, 3.8) is 0 Å². The van der Waals surface area contributed by atoms with Crippen molar-refractivity contribution in [3.8, 4) is 0 Å². The summed E-state index contributed by atoms with van der Waals surface area (Å²) in [6.07, 6.45) is 2.21. The van der Waals surface area contributed by atoms with E-state index in [1.54, 1.807) is 0 Å². The van der Waals surface area contributed by atoms with Gasteiger partial charge in [0.05, 0.1) is 13.6 Å². The average molecular weight is 193 g/mol. The molecule has 4 heteroatoms. The van der Waals surface area contributed by atoms with Gasteiger partial charge in [0.2, 0.25) is 0 Å². The van der Waals surface area contributed by atoms with Gasteiger partial charge in [-0.3, -0.25) is 4.79 Å². The van der Waals surface area contributed by atoms with Crippen LogP contribution in [-0.2, 0) is 9.53 Å². The second-order valence-corrected chi connectivity index (χ2v) is 3.57. The van der Waals surface area contributed by atoms with Crippen LogP contribution in [0.5, 0.6) is 0 Å². The molecule has 1 rings (SSSR count). The molecule has 0 aromatic rings. The number of likely N-dealkylation sites (tertiary alicyclic amines) is 1. The van der Waals surface area contributed by atoms with E-state index in [1.807, 2.05) is 0 Å². The summed E-state index contributed by atoms with van der Waals surface area (Å²) in [5.41, 5.74) is 0. The number of carbonyl (C=O) groups excluding carboxylic acids is 1. The second-order valence-electron chi connectivity index (χ2n) is 3.30. The second kappa shape index (κ2) is 4.67. The fourth-order valence-electron chi connectivity index (χ4n) is 1.54. The zero-order valence-corrected chi connectivity index (χ0v) is 8.06. The summed E-state index contributed by atoms with van der Waals surface area (Å²) < 4.78 is 5.12. The molecule has 0 bridgehead atoms. The van der Waals surface area contributed by atoms with Crippen LogP contribution in [-0.4, -0.2) is 38.1 Å². The van der Waals surface area contributed by atoms with Gasteiger partial charge >= 0.3 is 5.97 Å². The Morgan fingerprint density at radius 1 is 1.75 bits per heavy atom. The van der Waals surface area contributed by atoms with E-state index in [1.165, 1.54) is 11.4 Å². The normalized spacial score (nSPS) is 29.8. The van der Waals surface area contributed by atoms with Gasteiger partial charge in [0.15, 0.2) is 6.10 Å². The molecule has 12 heavy (non-hydrogen) atoms. The molecular formula is C8H15ClNO2+. The van der Waals surface area contributed by atoms with Gasteiger partial charge < -0.3 is 9.64 Å². The number of alkyl halides is 1. The maximum absolute atomic E-state index is 10.8. The number of halogens is 1. The van der Waals surface area contributed by atoms with Crippen LogP contribution >= 0.6 is 11.6 Å². The van der Waals surface area contributed by atoms with Crippen LogP contribution in [0.1, 0.15) is 12.8 Å². The van der Waals surface area contributed by atoms with Crippen LogP contribution in [0.3, 0.4) is 0 Å². The summed E-state index contributed by atoms with van der Waals surface area (Å²) in [6, 6.07) is 0. The Labute approximate surface area is 77.6 Å². The molecule has 1 heterocycles. The molecule has 1 N–H and O–H groups in total. The summed E-state index contributed by atoms with van der Waals surface area (Å²) in [6.45, 7) is 2.09. The van der Waals surface area contributed by atoms with E-state index >= 15 is 0 Å². The highest BCUT2D eigenvalue weighted by Crippen LogP contribution is 2.03. The predicted molar refractivity (Wildman–Crippen MR) is 46.5 cm³/mol. The molecule has 0 saturated carbocycles. The first-order valence-electron chi connectivity index (χ1n) is 4.29. The number of rotatable bonds is 2. The molecular weight excluding hydrogens is 178 g/mol. The number of ether oxygens (including phenoxy) is 1. The first-order chi connectivity index (χ1) is 5.72. The standard InChI is InChI=1S/C8H14ClNO2/c1-10-4-2-3-7(6-10)12-8(11)5-9/h7H,2-6H2,1H3/p+1/t7-/m1/s1. The van der Waals surface area contributed by atoms with Gasteiger partial charge in [-0.2, -0.15) is 0 Å². The number of likely N-dealkylation sites (N-methyl/N-ethyl adjacent to an activating group) is 1. The van der Waals surface area contributed by atoms with Crippen LogP contribution < -0.4 is 4.90 Å². The largest absolute Gasteiger partial charge is 0.455 e. The van der Waals surface area contributed by atoms with E-state index in [0.29, 0.717) is 0 Å². The minimum Gasteiger partial charge on any atom is -0.455 e. The molecule has 1 aliphatic heterocycles. The number of hydrogen-bond acceptors (Lipinski definition) is 2. The summed E-state index contributed by atoms with van der Waals surface area (Å²) in [5, 5.41) is 0. The Hall–Kier alpha value is -0.280. The minimum atomic E-state index is -0.295. The van der Waals surface area contributed by atoms with E-state index in [2.05, 4.69) is 7.05 Å². The van der Waals surface area contributed by atoms with Gasteiger partial charge in [-0.1, -0.05) is 0 Å². The lowest BCUT2D eigenvalue weighted by Gasteiger charge is -2.26. The highest BCUT2D eigenvalue weighted by Gasteiger charge is 2.22. The number of quaternary nitrogens is 1. The Kier molecular flexibility index (Phi) is 3.82. The number of carbonyl (C=O) groups is 1. The lowest BCUT2D eigenvalue weighted by Crippen LogP contribution is -3.11. The summed E-state index contributed by atoms with van der Waals surface area (Å²) >= 11 is 5.33. The molecule has 2 atom stereocenters. The molecule has 1 aliphatic rings. The number of hydrogen-bond donors (Lipinski definition) is 1. The number of nitrogens with one attached hydrogen (secondary N) is 1. The van der Waals surface area contributed by atoms with Crippen LogP contribution in [0.4, 0.5) is 0 Å². The lowest BCUT2D eigenvalue weighted by atomic mass is 10.1. The fourth-order valence-corrected chi connectivity index (χ4v) is 1.61. The highest BCUT2D eigenvalue weighted by molar-refractivity contribution is 6.26. The van der Waals surface area contributed by atoms with Crippen molar-refractivity contribution in [3.05, 3.63) is 0 Å². The van der Waals surface area contributed by atoms with Gasteiger partial charge in [-0.25, -0.2) is 0 Å². The van der Waals surface area contributed by atoms with Gasteiger partial charge in [0.1, 0.15) is 12.4 Å². The van der Waals surface area contributed by atoms with Crippen LogP contribution in [0.25, 0.3) is 0 Å². The maximum Gasteiger partial charge on any atom is 0.321 e. The van der Waals surface area contributed by atoms with Crippen molar-refractivity contribution < 1.29 is 14.4 Å². The van der Waals surface area contributed by atoms with Crippen molar-refractivity contribution in [2.24, 2.45) is 0 Å². The molecule has 1 saturated heterocycles.